The topological polar surface area (TPSA) is 41.3 Å². The first-order valence-electron chi connectivity index (χ1n) is 6.85. The highest BCUT2D eigenvalue weighted by molar-refractivity contribution is 5.40. The van der Waals surface area contributed by atoms with E-state index in [0.29, 0.717) is 0 Å². The van der Waals surface area contributed by atoms with Crippen molar-refractivity contribution in [3.8, 4) is 0 Å². The van der Waals surface area contributed by atoms with Gasteiger partial charge in [-0.2, -0.15) is 0 Å². The van der Waals surface area contributed by atoms with E-state index in [4.69, 9.17) is 4.42 Å². The summed E-state index contributed by atoms with van der Waals surface area (Å²) in [6.45, 7) is 3.85. The van der Waals surface area contributed by atoms with Gasteiger partial charge in [-0.25, -0.2) is 4.98 Å². The minimum absolute atomic E-state index is 0.751. The molecule has 0 amide bonds. The van der Waals surface area contributed by atoms with E-state index >= 15 is 0 Å². The Morgan fingerprint density at radius 2 is 2.05 bits per heavy atom. The van der Waals surface area contributed by atoms with Crippen LogP contribution in [0.1, 0.15) is 24.2 Å². The van der Waals surface area contributed by atoms with Gasteiger partial charge in [0.05, 0.1) is 12.8 Å². The smallest absolute Gasteiger partial charge is 0.128 e. The van der Waals surface area contributed by atoms with E-state index in [1.807, 2.05) is 18.3 Å². The van der Waals surface area contributed by atoms with Crippen molar-refractivity contribution in [2.45, 2.75) is 25.9 Å². The predicted octanol–water partition coefficient (Wildman–Crippen LogP) is 2.56. The highest BCUT2D eigenvalue weighted by Crippen LogP contribution is 2.17. The Morgan fingerprint density at radius 3 is 2.74 bits per heavy atom. The quantitative estimate of drug-likeness (QED) is 0.894. The summed E-state index contributed by atoms with van der Waals surface area (Å²) in [5, 5.41) is 3.35. The van der Waals surface area contributed by atoms with E-state index < -0.39 is 0 Å². The fraction of sp³-hybridized carbons (Fsp3) is 0.400. The van der Waals surface area contributed by atoms with Gasteiger partial charge in [-0.05, 0) is 36.6 Å². The lowest BCUT2D eigenvalue weighted by Gasteiger charge is -2.16. The summed E-state index contributed by atoms with van der Waals surface area (Å²) in [7, 11) is 0. The molecule has 0 unspecified atom stereocenters. The molecular formula is C15H19N3O. The minimum Gasteiger partial charge on any atom is -0.468 e. The molecular weight excluding hydrogens is 238 g/mol. The SMILES string of the molecule is c1coc(CNCc2ccc(N3CCCC3)nc2)c1. The molecule has 0 saturated carbocycles. The van der Waals surface area contributed by atoms with Crippen molar-refractivity contribution < 1.29 is 4.42 Å². The lowest BCUT2D eigenvalue weighted by atomic mass is 10.2. The Labute approximate surface area is 113 Å². The highest BCUT2D eigenvalue weighted by atomic mass is 16.3. The molecule has 0 aliphatic carbocycles. The van der Waals surface area contributed by atoms with E-state index in [1.165, 1.54) is 18.4 Å². The molecule has 100 valence electrons. The Morgan fingerprint density at radius 1 is 1.16 bits per heavy atom. The summed E-state index contributed by atoms with van der Waals surface area (Å²) in [5.74, 6) is 2.06. The predicted molar refractivity (Wildman–Crippen MR) is 74.9 cm³/mol. The first kappa shape index (κ1) is 12.2. The number of aromatic nitrogens is 1. The van der Waals surface area contributed by atoms with Crippen molar-refractivity contribution >= 4 is 5.82 Å². The molecule has 4 heteroatoms. The lowest BCUT2D eigenvalue weighted by Crippen LogP contribution is -2.19. The van der Waals surface area contributed by atoms with Crippen LogP contribution in [0.25, 0.3) is 0 Å². The summed E-state index contributed by atoms with van der Waals surface area (Å²) in [4.78, 5) is 6.89. The van der Waals surface area contributed by atoms with Crippen molar-refractivity contribution in [3.63, 3.8) is 0 Å². The van der Waals surface area contributed by atoms with Crippen LogP contribution >= 0.6 is 0 Å². The zero-order chi connectivity index (χ0) is 12.9. The molecule has 0 atom stereocenters. The number of rotatable bonds is 5. The second-order valence-corrected chi connectivity index (χ2v) is 4.90. The molecule has 0 aromatic carbocycles. The average molecular weight is 257 g/mol. The van der Waals surface area contributed by atoms with Gasteiger partial charge in [0.15, 0.2) is 0 Å². The Hall–Kier alpha value is -1.81. The molecule has 0 spiro atoms. The van der Waals surface area contributed by atoms with Crippen LogP contribution in [0.3, 0.4) is 0 Å². The third-order valence-corrected chi connectivity index (χ3v) is 3.45. The summed E-state index contributed by atoms with van der Waals surface area (Å²) >= 11 is 0. The molecule has 3 rings (SSSR count). The fourth-order valence-electron chi connectivity index (χ4n) is 2.40. The molecule has 0 radical (unpaired) electrons. The number of anilines is 1. The molecule has 1 aliphatic heterocycles. The van der Waals surface area contributed by atoms with E-state index in [9.17, 15) is 0 Å². The molecule has 1 fully saturated rings. The van der Waals surface area contributed by atoms with E-state index in [2.05, 4.69) is 27.3 Å². The standard InChI is InChI=1S/C15H19N3O/c1-2-8-18(7-1)15-6-5-13(11-17-15)10-16-12-14-4-3-9-19-14/h3-6,9,11,16H,1-2,7-8,10,12H2. The highest BCUT2D eigenvalue weighted by Gasteiger charge is 2.12. The lowest BCUT2D eigenvalue weighted by molar-refractivity contribution is 0.483. The van der Waals surface area contributed by atoms with Gasteiger partial charge in [0.2, 0.25) is 0 Å². The van der Waals surface area contributed by atoms with E-state index in [1.54, 1.807) is 6.26 Å². The average Bonchev–Trinajstić information content (AvgIpc) is 3.13. The number of nitrogens with one attached hydrogen (secondary N) is 1. The molecule has 1 saturated heterocycles. The van der Waals surface area contributed by atoms with Gasteiger partial charge in [-0.1, -0.05) is 6.07 Å². The van der Waals surface area contributed by atoms with Gasteiger partial charge in [0.1, 0.15) is 11.6 Å². The number of hydrogen-bond donors (Lipinski definition) is 1. The monoisotopic (exact) mass is 257 g/mol. The van der Waals surface area contributed by atoms with Crippen molar-refractivity contribution in [3.05, 3.63) is 48.0 Å². The largest absolute Gasteiger partial charge is 0.468 e. The van der Waals surface area contributed by atoms with Crippen molar-refractivity contribution in [2.75, 3.05) is 18.0 Å². The normalized spacial score (nSPS) is 15.1. The maximum Gasteiger partial charge on any atom is 0.128 e. The van der Waals surface area contributed by atoms with Crippen LogP contribution < -0.4 is 10.2 Å². The van der Waals surface area contributed by atoms with Gasteiger partial charge in [0, 0.05) is 25.8 Å². The van der Waals surface area contributed by atoms with Gasteiger partial charge in [-0.15, -0.1) is 0 Å². The molecule has 1 N–H and O–H groups in total. The Bertz CT molecular complexity index is 487. The maximum atomic E-state index is 5.27. The summed E-state index contributed by atoms with van der Waals surface area (Å²) in [6.07, 6.45) is 6.23. The minimum atomic E-state index is 0.751. The summed E-state index contributed by atoms with van der Waals surface area (Å²) in [6, 6.07) is 8.15. The van der Waals surface area contributed by atoms with Gasteiger partial charge in [0.25, 0.3) is 0 Å². The molecule has 4 nitrogen and oxygen atoms in total. The van der Waals surface area contributed by atoms with Gasteiger partial charge < -0.3 is 14.6 Å². The summed E-state index contributed by atoms with van der Waals surface area (Å²) < 4.78 is 5.27. The van der Waals surface area contributed by atoms with Crippen LogP contribution in [-0.4, -0.2) is 18.1 Å². The Kier molecular flexibility index (Phi) is 3.79. The summed E-state index contributed by atoms with van der Waals surface area (Å²) in [5.41, 5.74) is 1.20. The van der Waals surface area contributed by atoms with Crippen molar-refractivity contribution in [1.29, 1.82) is 0 Å². The van der Waals surface area contributed by atoms with Crippen molar-refractivity contribution in [1.82, 2.24) is 10.3 Å². The number of pyridine rings is 1. The second-order valence-electron chi connectivity index (χ2n) is 4.90. The molecule has 19 heavy (non-hydrogen) atoms. The van der Waals surface area contributed by atoms with Crippen LogP contribution in [0.4, 0.5) is 5.82 Å². The number of hydrogen-bond acceptors (Lipinski definition) is 4. The second kappa shape index (κ2) is 5.89. The zero-order valence-corrected chi connectivity index (χ0v) is 11.0. The molecule has 1 aliphatic rings. The van der Waals surface area contributed by atoms with Crippen molar-refractivity contribution in [2.24, 2.45) is 0 Å². The van der Waals surface area contributed by atoms with Crippen LogP contribution in [0.2, 0.25) is 0 Å². The third-order valence-electron chi connectivity index (χ3n) is 3.45. The molecule has 0 bridgehead atoms. The van der Waals surface area contributed by atoms with Crippen LogP contribution in [-0.2, 0) is 13.1 Å². The molecule has 2 aromatic heterocycles. The number of furan rings is 1. The molecule has 3 heterocycles. The third kappa shape index (κ3) is 3.15. The molecule has 2 aromatic rings. The maximum absolute atomic E-state index is 5.27. The van der Waals surface area contributed by atoms with Gasteiger partial charge in [-0.3, -0.25) is 0 Å². The fourth-order valence-corrected chi connectivity index (χ4v) is 2.40. The number of nitrogens with zero attached hydrogens (tertiary/aromatic N) is 2. The Balaban J connectivity index is 1.51. The van der Waals surface area contributed by atoms with E-state index in [0.717, 1.165) is 37.8 Å². The van der Waals surface area contributed by atoms with Crippen LogP contribution in [0.15, 0.2) is 41.1 Å². The van der Waals surface area contributed by atoms with Gasteiger partial charge >= 0.3 is 0 Å². The zero-order valence-electron chi connectivity index (χ0n) is 11.0. The van der Waals surface area contributed by atoms with Crippen LogP contribution in [0.5, 0.6) is 0 Å². The first-order chi connectivity index (χ1) is 9.42. The van der Waals surface area contributed by atoms with E-state index in [-0.39, 0.29) is 0 Å². The first-order valence-corrected chi connectivity index (χ1v) is 6.85. The van der Waals surface area contributed by atoms with Crippen LogP contribution in [0, 0.1) is 0 Å².